The molecule has 1 atom stereocenters. The summed E-state index contributed by atoms with van der Waals surface area (Å²) in [6, 6.07) is 28.9. The van der Waals surface area contributed by atoms with E-state index in [-0.39, 0.29) is 29.1 Å². The molecule has 0 radical (unpaired) electrons. The van der Waals surface area contributed by atoms with Gasteiger partial charge >= 0.3 is 0 Å². The summed E-state index contributed by atoms with van der Waals surface area (Å²) in [5, 5.41) is 12.8. The van der Waals surface area contributed by atoms with Crippen molar-refractivity contribution in [1.29, 1.82) is 0 Å². The fourth-order valence-electron chi connectivity index (χ4n) is 4.43. The molecule has 0 unspecified atom stereocenters. The highest BCUT2D eigenvalue weighted by Gasteiger charge is 2.24. The number of aromatic nitrogens is 2. The Hall–Kier alpha value is -4.00. The molecule has 0 aliphatic rings. The lowest BCUT2D eigenvalue weighted by molar-refractivity contribution is -0.384. The quantitative estimate of drug-likeness (QED) is 0.167. The lowest BCUT2D eigenvalue weighted by Crippen LogP contribution is -2.28. The Balaban J connectivity index is 1.74. The highest BCUT2D eigenvalue weighted by Crippen LogP contribution is 2.30. The number of benzene rings is 4. The summed E-state index contributed by atoms with van der Waals surface area (Å²) in [5.41, 5.74) is 2.81. The molecule has 0 saturated heterocycles. The van der Waals surface area contributed by atoms with Crippen LogP contribution in [0, 0.1) is 10.1 Å². The molecule has 0 N–H and O–H groups in total. The zero-order valence-electron chi connectivity index (χ0n) is 19.6. The minimum Gasteiger partial charge on any atom is -0.291 e. The number of hydrogen-bond acceptors (Lipinski definition) is 4. The first-order chi connectivity index (χ1) is 17.9. The van der Waals surface area contributed by atoms with E-state index < -0.39 is 4.92 Å². The summed E-state index contributed by atoms with van der Waals surface area (Å²) in [7, 11) is 0. The van der Waals surface area contributed by atoms with Crippen molar-refractivity contribution < 1.29 is 4.92 Å². The predicted molar refractivity (Wildman–Crippen MR) is 147 cm³/mol. The lowest BCUT2D eigenvalue weighted by atomic mass is 9.90. The first-order valence-corrected chi connectivity index (χ1v) is 12.4. The van der Waals surface area contributed by atoms with Gasteiger partial charge in [0, 0.05) is 28.1 Å². The van der Waals surface area contributed by atoms with Crippen molar-refractivity contribution >= 4 is 39.8 Å². The maximum Gasteiger partial charge on any atom is 0.270 e. The molecule has 37 heavy (non-hydrogen) atoms. The number of rotatable bonds is 7. The normalized spacial score (nSPS) is 11.9. The predicted octanol–water partition coefficient (Wildman–Crippen LogP) is 7.03. The zero-order chi connectivity index (χ0) is 25.9. The van der Waals surface area contributed by atoms with E-state index in [1.54, 1.807) is 16.7 Å². The van der Waals surface area contributed by atoms with Crippen LogP contribution >= 0.6 is 23.2 Å². The summed E-state index contributed by atoms with van der Waals surface area (Å²) < 4.78 is 1.61. The topological polar surface area (TPSA) is 78.0 Å². The highest BCUT2D eigenvalue weighted by molar-refractivity contribution is 6.30. The minimum absolute atomic E-state index is 0.155. The number of nitro groups is 1. The van der Waals surface area contributed by atoms with Crippen LogP contribution in [-0.2, 0) is 13.0 Å². The Bertz CT molecular complexity index is 1630. The molecule has 0 saturated carbocycles. The summed E-state index contributed by atoms with van der Waals surface area (Å²) in [4.78, 5) is 29.7. The summed E-state index contributed by atoms with van der Waals surface area (Å²) >= 11 is 12.2. The molecule has 5 aromatic rings. The summed E-state index contributed by atoms with van der Waals surface area (Å²) in [6.07, 6.45) is 0.576. The number of nitrogens with zero attached hydrogens (tertiary/aromatic N) is 3. The zero-order valence-corrected chi connectivity index (χ0v) is 21.1. The minimum atomic E-state index is -0.510. The first-order valence-electron chi connectivity index (χ1n) is 11.6. The van der Waals surface area contributed by atoms with Gasteiger partial charge in [0.05, 0.1) is 22.4 Å². The van der Waals surface area contributed by atoms with Crippen LogP contribution in [0.25, 0.3) is 10.9 Å². The first kappa shape index (κ1) is 24.7. The lowest BCUT2D eigenvalue weighted by Gasteiger charge is -2.22. The van der Waals surface area contributed by atoms with E-state index in [1.165, 1.54) is 18.2 Å². The van der Waals surface area contributed by atoms with Gasteiger partial charge in [-0.15, -0.1) is 0 Å². The average molecular weight is 530 g/mol. The highest BCUT2D eigenvalue weighted by atomic mass is 35.5. The second-order valence-electron chi connectivity index (χ2n) is 8.74. The maximum atomic E-state index is 13.9. The third kappa shape index (κ3) is 5.40. The van der Waals surface area contributed by atoms with Gasteiger partial charge in [-0.05, 0) is 53.4 Å². The Morgan fingerprint density at radius 1 is 0.838 bits per heavy atom. The van der Waals surface area contributed by atoms with Crippen LogP contribution in [0.5, 0.6) is 0 Å². The van der Waals surface area contributed by atoms with Gasteiger partial charge in [0.2, 0.25) is 0 Å². The van der Waals surface area contributed by atoms with Gasteiger partial charge in [-0.2, -0.15) is 0 Å². The van der Waals surface area contributed by atoms with Crippen molar-refractivity contribution in [2.24, 2.45) is 0 Å². The van der Waals surface area contributed by atoms with Gasteiger partial charge < -0.3 is 0 Å². The molecule has 0 aliphatic carbocycles. The Labute approximate surface area is 222 Å². The summed E-state index contributed by atoms with van der Waals surface area (Å²) in [5.74, 6) is 0.310. The monoisotopic (exact) mass is 529 g/mol. The molecule has 0 aliphatic heterocycles. The van der Waals surface area contributed by atoms with Gasteiger partial charge in [0.25, 0.3) is 11.2 Å². The van der Waals surface area contributed by atoms with Crippen molar-refractivity contribution in [3.05, 3.63) is 150 Å². The maximum absolute atomic E-state index is 13.9. The van der Waals surface area contributed by atoms with Crippen LogP contribution in [-0.4, -0.2) is 14.5 Å². The van der Waals surface area contributed by atoms with Crippen LogP contribution in [0.2, 0.25) is 10.0 Å². The van der Waals surface area contributed by atoms with Crippen LogP contribution in [0.15, 0.2) is 102 Å². The Morgan fingerprint density at radius 3 is 2.08 bits per heavy atom. The van der Waals surface area contributed by atoms with Gasteiger partial charge in [-0.3, -0.25) is 19.5 Å². The second kappa shape index (κ2) is 10.5. The smallest absolute Gasteiger partial charge is 0.270 e. The van der Waals surface area contributed by atoms with E-state index in [0.29, 0.717) is 27.8 Å². The number of halogens is 2. The third-order valence-corrected chi connectivity index (χ3v) is 6.80. The van der Waals surface area contributed by atoms with E-state index >= 15 is 0 Å². The molecule has 0 amide bonds. The number of fused-ring (bicyclic) bond motifs is 1. The van der Waals surface area contributed by atoms with Gasteiger partial charge in [-0.25, -0.2) is 4.98 Å². The number of hydrogen-bond donors (Lipinski definition) is 0. The largest absolute Gasteiger partial charge is 0.291 e. The fourth-order valence-corrected chi connectivity index (χ4v) is 4.68. The molecule has 0 spiro atoms. The van der Waals surface area contributed by atoms with E-state index in [2.05, 4.69) is 0 Å². The number of nitro benzene ring substituents is 1. The van der Waals surface area contributed by atoms with E-state index in [4.69, 9.17) is 28.2 Å². The Morgan fingerprint density at radius 2 is 1.46 bits per heavy atom. The third-order valence-electron chi connectivity index (χ3n) is 6.30. The molecule has 0 fully saturated rings. The molecule has 8 heteroatoms. The van der Waals surface area contributed by atoms with Gasteiger partial charge in [-0.1, -0.05) is 77.8 Å². The standard InChI is InChI=1S/C29H21Cl2N3O3/c30-22-10-6-19(7-11-22)16-25(21-4-2-1-3-5-21)28-32-27-15-14-24(34(36)37)17-26(27)29(35)33(28)18-20-8-12-23(31)13-9-20/h1-15,17,25H,16,18H2/t25-/m0/s1. The molecule has 4 aromatic carbocycles. The fraction of sp³-hybridized carbons (Fsp3) is 0.103. The van der Waals surface area contributed by atoms with E-state index in [0.717, 1.165) is 16.7 Å². The van der Waals surface area contributed by atoms with Gasteiger partial charge in [0.1, 0.15) is 5.82 Å². The van der Waals surface area contributed by atoms with Gasteiger partial charge in [0.15, 0.2) is 0 Å². The van der Waals surface area contributed by atoms with E-state index in [1.807, 2.05) is 66.7 Å². The SMILES string of the molecule is O=c1c2cc([N+](=O)[O-])ccc2nc([C@@H](Cc2ccc(Cl)cc2)c2ccccc2)n1Cc1ccc(Cl)cc1. The molecular weight excluding hydrogens is 509 g/mol. The van der Waals surface area contributed by atoms with Crippen molar-refractivity contribution in [2.45, 2.75) is 18.9 Å². The van der Waals surface area contributed by atoms with Crippen molar-refractivity contribution in [3.63, 3.8) is 0 Å². The van der Waals surface area contributed by atoms with E-state index in [9.17, 15) is 14.9 Å². The second-order valence-corrected chi connectivity index (χ2v) is 9.61. The van der Waals surface area contributed by atoms with Crippen LogP contribution in [0.1, 0.15) is 28.4 Å². The summed E-state index contributed by atoms with van der Waals surface area (Å²) in [6.45, 7) is 0.237. The molecule has 0 bridgehead atoms. The van der Waals surface area contributed by atoms with Crippen molar-refractivity contribution in [3.8, 4) is 0 Å². The molecule has 184 valence electrons. The van der Waals surface area contributed by atoms with Crippen LogP contribution in [0.4, 0.5) is 5.69 Å². The Kier molecular flexibility index (Phi) is 7.04. The molecule has 5 rings (SSSR count). The average Bonchev–Trinajstić information content (AvgIpc) is 2.91. The van der Waals surface area contributed by atoms with Crippen molar-refractivity contribution in [1.82, 2.24) is 9.55 Å². The molecule has 1 heterocycles. The molecule has 6 nitrogen and oxygen atoms in total. The van der Waals surface area contributed by atoms with Crippen molar-refractivity contribution in [2.75, 3.05) is 0 Å². The van der Waals surface area contributed by atoms with Crippen LogP contribution in [0.3, 0.4) is 0 Å². The van der Waals surface area contributed by atoms with Crippen LogP contribution < -0.4 is 5.56 Å². The molecular formula is C29H21Cl2N3O3. The molecule has 1 aromatic heterocycles. The number of non-ortho nitro benzene ring substituents is 1.